The number of rotatable bonds is 3. The largest absolute Gasteiger partial charge is 0.346 e. The predicted molar refractivity (Wildman–Crippen MR) is 91.0 cm³/mol. The van der Waals surface area contributed by atoms with E-state index in [1.807, 2.05) is 12.1 Å². The Kier molecular flexibility index (Phi) is 4.29. The van der Waals surface area contributed by atoms with Crippen molar-refractivity contribution >= 4 is 0 Å². The van der Waals surface area contributed by atoms with E-state index in [0.717, 1.165) is 22.5 Å². The van der Waals surface area contributed by atoms with Gasteiger partial charge in [-0.2, -0.15) is 0 Å². The van der Waals surface area contributed by atoms with Crippen molar-refractivity contribution in [3.05, 3.63) is 60.4 Å². The Balaban J connectivity index is 1.77. The molecule has 6 heteroatoms. The molecule has 25 heavy (non-hydrogen) atoms. The van der Waals surface area contributed by atoms with Crippen LogP contribution in [0.5, 0.6) is 0 Å². The fraction of sp³-hybridized carbons (Fsp3) is 0.263. The molecule has 0 atom stereocenters. The Morgan fingerprint density at radius 2 is 1.68 bits per heavy atom. The van der Waals surface area contributed by atoms with Gasteiger partial charge in [0.25, 0.3) is 0 Å². The fourth-order valence-corrected chi connectivity index (χ4v) is 2.80. The first kappa shape index (κ1) is 15.9. The zero-order valence-corrected chi connectivity index (χ0v) is 13.8. The van der Waals surface area contributed by atoms with Crippen LogP contribution in [-0.2, 0) is 9.47 Å². The molecular weight excluding hydrogens is 321 g/mol. The van der Waals surface area contributed by atoms with Crippen LogP contribution < -0.4 is 0 Å². The lowest BCUT2D eigenvalue weighted by molar-refractivity contribution is -0.205. The zero-order chi connectivity index (χ0) is 17.2. The summed E-state index contributed by atoms with van der Waals surface area (Å²) >= 11 is 0. The predicted octanol–water partition coefficient (Wildman–Crippen LogP) is 3.96. The van der Waals surface area contributed by atoms with Crippen LogP contribution in [0.25, 0.3) is 22.5 Å². The van der Waals surface area contributed by atoms with Gasteiger partial charge in [-0.15, -0.1) is 0 Å². The fourth-order valence-electron chi connectivity index (χ4n) is 2.80. The van der Waals surface area contributed by atoms with Crippen LogP contribution in [0.3, 0.4) is 0 Å². The van der Waals surface area contributed by atoms with E-state index in [1.165, 1.54) is 12.1 Å². The average molecular weight is 339 g/mol. The molecule has 1 saturated heterocycles. The van der Waals surface area contributed by atoms with Gasteiger partial charge >= 0.3 is 0 Å². The Morgan fingerprint density at radius 1 is 1.00 bits per heavy atom. The van der Waals surface area contributed by atoms with Crippen LogP contribution in [-0.4, -0.2) is 28.2 Å². The maximum atomic E-state index is 13.3. The first-order valence-corrected chi connectivity index (χ1v) is 8.20. The second-order valence-corrected chi connectivity index (χ2v) is 6.19. The lowest BCUT2D eigenvalue weighted by atomic mass is 10.1. The van der Waals surface area contributed by atoms with E-state index in [-0.39, 0.29) is 5.82 Å². The molecule has 5 nitrogen and oxygen atoms in total. The Labute approximate surface area is 144 Å². The number of hydrogen-bond acceptors (Lipinski definition) is 4. The molecule has 0 aliphatic carbocycles. The summed E-state index contributed by atoms with van der Waals surface area (Å²) in [6.07, 6.45) is 2.92. The molecule has 1 aliphatic heterocycles. The van der Waals surface area contributed by atoms with Gasteiger partial charge in [-0.05, 0) is 36.4 Å². The van der Waals surface area contributed by atoms with E-state index in [9.17, 15) is 4.39 Å². The lowest BCUT2D eigenvalue weighted by Crippen LogP contribution is -2.25. The number of imidazole rings is 1. The van der Waals surface area contributed by atoms with E-state index >= 15 is 0 Å². The van der Waals surface area contributed by atoms with E-state index in [0.29, 0.717) is 25.0 Å². The molecule has 1 fully saturated rings. The molecule has 0 spiro atoms. The van der Waals surface area contributed by atoms with Gasteiger partial charge in [0.15, 0.2) is 5.82 Å². The van der Waals surface area contributed by atoms with Crippen LogP contribution in [0.2, 0.25) is 0 Å². The van der Waals surface area contributed by atoms with Crippen LogP contribution in [0.4, 0.5) is 4.39 Å². The molecular formula is C19H18FN3O2. The number of aromatic amines is 1. The van der Waals surface area contributed by atoms with Gasteiger partial charge < -0.3 is 14.5 Å². The number of hydrogen-bond donors (Lipinski definition) is 1. The first-order chi connectivity index (χ1) is 12.2. The number of H-pyrrole nitrogens is 1. The zero-order valence-electron chi connectivity index (χ0n) is 13.8. The van der Waals surface area contributed by atoms with Gasteiger partial charge in [-0.3, -0.25) is 4.98 Å². The molecule has 1 N–H and O–H groups in total. The summed E-state index contributed by atoms with van der Waals surface area (Å²) in [5, 5.41) is 0. The summed E-state index contributed by atoms with van der Waals surface area (Å²) in [6.45, 7) is 3.33. The second-order valence-electron chi connectivity index (χ2n) is 6.19. The molecule has 128 valence electrons. The Bertz CT molecular complexity index is 841. The molecule has 3 aromatic rings. The topological polar surface area (TPSA) is 60.0 Å². The Morgan fingerprint density at radius 3 is 2.36 bits per heavy atom. The number of nitrogens with zero attached hydrogens (tertiary/aromatic N) is 2. The third-order valence-corrected chi connectivity index (χ3v) is 4.10. The summed E-state index contributed by atoms with van der Waals surface area (Å²) in [4.78, 5) is 12.1. The summed E-state index contributed by atoms with van der Waals surface area (Å²) in [5.41, 5.74) is 3.32. The van der Waals surface area contributed by atoms with Gasteiger partial charge in [-0.25, -0.2) is 9.37 Å². The van der Waals surface area contributed by atoms with Crippen molar-refractivity contribution in [2.24, 2.45) is 5.92 Å². The van der Waals surface area contributed by atoms with Crippen molar-refractivity contribution in [2.45, 2.75) is 13.2 Å². The van der Waals surface area contributed by atoms with E-state index < -0.39 is 6.29 Å². The minimum atomic E-state index is -0.522. The lowest BCUT2D eigenvalue weighted by Gasteiger charge is -2.25. The SMILES string of the molecule is CC1COC(c2nc(-c3ccc(F)cc3)c(-c3ccncc3)[nH]2)OC1. The third kappa shape index (κ3) is 3.31. The second kappa shape index (κ2) is 6.74. The van der Waals surface area contributed by atoms with E-state index in [2.05, 4.69) is 21.9 Å². The van der Waals surface area contributed by atoms with Crippen molar-refractivity contribution in [1.82, 2.24) is 15.0 Å². The van der Waals surface area contributed by atoms with Crippen molar-refractivity contribution in [3.8, 4) is 22.5 Å². The van der Waals surface area contributed by atoms with Crippen LogP contribution >= 0.6 is 0 Å². The maximum absolute atomic E-state index is 13.3. The standard InChI is InChI=1S/C19H18FN3O2/c1-12-10-24-19(25-11-12)18-22-16(13-2-4-15(20)5-3-13)17(23-18)14-6-8-21-9-7-14/h2-9,12,19H,10-11H2,1H3,(H,22,23). The normalized spacial score (nSPS) is 20.6. The number of pyridine rings is 1. The monoisotopic (exact) mass is 339 g/mol. The first-order valence-electron chi connectivity index (χ1n) is 8.20. The summed E-state index contributed by atoms with van der Waals surface area (Å²) < 4.78 is 24.8. The third-order valence-electron chi connectivity index (χ3n) is 4.10. The molecule has 0 amide bonds. The molecule has 0 unspecified atom stereocenters. The molecule has 0 radical (unpaired) electrons. The number of ether oxygens (including phenoxy) is 2. The molecule has 1 aliphatic rings. The van der Waals surface area contributed by atoms with Crippen molar-refractivity contribution in [2.75, 3.05) is 13.2 Å². The summed E-state index contributed by atoms with van der Waals surface area (Å²) in [5.74, 6) is 0.693. The number of halogens is 1. The summed E-state index contributed by atoms with van der Waals surface area (Å²) in [6, 6.07) is 10.1. The number of benzene rings is 1. The van der Waals surface area contributed by atoms with Gasteiger partial charge in [0.2, 0.25) is 6.29 Å². The molecule has 1 aromatic carbocycles. The van der Waals surface area contributed by atoms with Gasteiger partial charge in [-0.1, -0.05) is 6.92 Å². The highest BCUT2D eigenvalue weighted by molar-refractivity contribution is 5.78. The van der Waals surface area contributed by atoms with Crippen LogP contribution in [0, 0.1) is 11.7 Å². The molecule has 2 aromatic heterocycles. The summed E-state index contributed by atoms with van der Waals surface area (Å²) in [7, 11) is 0. The quantitative estimate of drug-likeness (QED) is 0.785. The Hall–Kier alpha value is -2.57. The van der Waals surface area contributed by atoms with Crippen molar-refractivity contribution < 1.29 is 13.9 Å². The highest BCUT2D eigenvalue weighted by Gasteiger charge is 2.26. The van der Waals surface area contributed by atoms with Crippen molar-refractivity contribution in [1.29, 1.82) is 0 Å². The highest BCUT2D eigenvalue weighted by Crippen LogP contribution is 2.33. The van der Waals surface area contributed by atoms with Gasteiger partial charge in [0, 0.05) is 29.4 Å². The van der Waals surface area contributed by atoms with Crippen LogP contribution in [0.1, 0.15) is 19.0 Å². The number of nitrogens with one attached hydrogen (secondary N) is 1. The van der Waals surface area contributed by atoms with Crippen LogP contribution in [0.15, 0.2) is 48.8 Å². The minimum Gasteiger partial charge on any atom is -0.346 e. The minimum absolute atomic E-state index is 0.280. The average Bonchev–Trinajstić information content (AvgIpc) is 3.09. The van der Waals surface area contributed by atoms with Gasteiger partial charge in [0.05, 0.1) is 24.6 Å². The smallest absolute Gasteiger partial charge is 0.217 e. The highest BCUT2D eigenvalue weighted by atomic mass is 19.1. The molecule has 4 rings (SSSR count). The van der Waals surface area contributed by atoms with E-state index in [1.54, 1.807) is 24.5 Å². The molecule has 0 saturated carbocycles. The maximum Gasteiger partial charge on any atom is 0.217 e. The number of aromatic nitrogens is 3. The molecule has 0 bridgehead atoms. The molecule has 3 heterocycles. The van der Waals surface area contributed by atoms with Crippen molar-refractivity contribution in [3.63, 3.8) is 0 Å². The van der Waals surface area contributed by atoms with Gasteiger partial charge in [0.1, 0.15) is 5.82 Å². The van der Waals surface area contributed by atoms with E-state index in [4.69, 9.17) is 9.47 Å².